The summed E-state index contributed by atoms with van der Waals surface area (Å²) in [7, 11) is 0. The summed E-state index contributed by atoms with van der Waals surface area (Å²) in [4.78, 5) is 12.8. The number of carbonyl (C=O) groups excluding carboxylic acids is 1. The molecule has 0 bridgehead atoms. The second-order valence-corrected chi connectivity index (χ2v) is 6.53. The molecule has 1 N–H and O–H groups in total. The van der Waals surface area contributed by atoms with Gasteiger partial charge in [-0.15, -0.1) is 0 Å². The van der Waals surface area contributed by atoms with E-state index in [4.69, 9.17) is 20.0 Å². The van der Waals surface area contributed by atoms with Crippen LogP contribution in [0, 0.1) is 22.7 Å². The lowest BCUT2D eigenvalue weighted by Crippen LogP contribution is -2.12. The number of hydrogen-bond donors (Lipinski definition) is 1. The van der Waals surface area contributed by atoms with E-state index >= 15 is 0 Å². The third-order valence-electron chi connectivity index (χ3n) is 4.27. The number of hydrogen-bond acceptors (Lipinski definition) is 5. The molecular weight excluding hydrogens is 390 g/mol. The highest BCUT2D eigenvalue weighted by molar-refractivity contribution is 6.04. The highest BCUT2D eigenvalue weighted by Crippen LogP contribution is 2.25. The summed E-state index contributed by atoms with van der Waals surface area (Å²) < 4.78 is 11.5. The number of ether oxygens (including phenoxy) is 2. The van der Waals surface area contributed by atoms with Gasteiger partial charge in [0.15, 0.2) is 0 Å². The van der Waals surface area contributed by atoms with Crippen molar-refractivity contribution in [3.8, 4) is 23.6 Å². The summed E-state index contributed by atoms with van der Waals surface area (Å²) in [5.74, 6) is 0.607. The molecule has 0 aromatic heterocycles. The van der Waals surface area contributed by atoms with Gasteiger partial charge in [-0.25, -0.2) is 0 Å². The van der Waals surface area contributed by atoms with Crippen LogP contribution in [0.3, 0.4) is 0 Å². The van der Waals surface area contributed by atoms with E-state index in [-0.39, 0.29) is 19.1 Å². The summed E-state index contributed by atoms with van der Waals surface area (Å²) in [6.45, 7) is 4.19. The lowest BCUT2D eigenvalue weighted by Gasteiger charge is -2.12. The molecule has 0 aliphatic heterocycles. The molecule has 0 fully saturated rings. The fourth-order valence-electron chi connectivity index (χ4n) is 2.70. The van der Waals surface area contributed by atoms with Crippen LogP contribution in [0.2, 0.25) is 0 Å². The van der Waals surface area contributed by atoms with E-state index in [1.165, 1.54) is 0 Å². The van der Waals surface area contributed by atoms with Gasteiger partial charge < -0.3 is 14.8 Å². The molecule has 1 amide bonds. The van der Waals surface area contributed by atoms with Crippen molar-refractivity contribution in [2.45, 2.75) is 6.61 Å². The van der Waals surface area contributed by atoms with E-state index in [1.54, 1.807) is 60.7 Å². The minimum absolute atomic E-state index is 0.271. The summed E-state index contributed by atoms with van der Waals surface area (Å²) in [5, 5.41) is 20.6. The number of amides is 1. The summed E-state index contributed by atoms with van der Waals surface area (Å²) in [6, 6.07) is 22.7. The van der Waals surface area contributed by atoms with Gasteiger partial charge in [-0.3, -0.25) is 4.79 Å². The Morgan fingerprint density at radius 3 is 2.06 bits per heavy atom. The third kappa shape index (κ3) is 5.96. The quantitative estimate of drug-likeness (QED) is 0.538. The van der Waals surface area contributed by atoms with Gasteiger partial charge in [0, 0.05) is 17.3 Å². The highest BCUT2D eigenvalue weighted by atomic mass is 16.5. The molecule has 31 heavy (non-hydrogen) atoms. The van der Waals surface area contributed by atoms with Gasteiger partial charge in [-0.1, -0.05) is 24.8 Å². The molecule has 0 aliphatic rings. The van der Waals surface area contributed by atoms with Gasteiger partial charge in [-0.2, -0.15) is 10.5 Å². The van der Waals surface area contributed by atoms with Crippen molar-refractivity contribution < 1.29 is 14.3 Å². The standard InChI is InChI=1S/C25H19N3O3/c1-2-11-30-23-12-21(25(29)28-22-9-7-19(16-27)8-10-22)13-24(14-23)31-17-20-5-3-18(15-26)4-6-20/h2-10,12-14H,1,11,17H2,(H,28,29). The molecular formula is C25H19N3O3. The highest BCUT2D eigenvalue weighted by Gasteiger charge is 2.11. The van der Waals surface area contributed by atoms with Crippen molar-refractivity contribution in [1.82, 2.24) is 0 Å². The Morgan fingerprint density at radius 1 is 0.903 bits per heavy atom. The molecule has 3 aromatic rings. The fraction of sp³-hybridized carbons (Fsp3) is 0.0800. The zero-order valence-electron chi connectivity index (χ0n) is 16.7. The second kappa shape index (κ2) is 10.3. The Hall–Kier alpha value is -4.55. The van der Waals surface area contributed by atoms with E-state index in [0.717, 1.165) is 5.56 Å². The molecule has 0 spiro atoms. The number of rotatable bonds is 8. The van der Waals surface area contributed by atoms with E-state index in [2.05, 4.69) is 18.0 Å². The zero-order chi connectivity index (χ0) is 22.1. The third-order valence-corrected chi connectivity index (χ3v) is 4.27. The maximum absolute atomic E-state index is 12.8. The first-order valence-corrected chi connectivity index (χ1v) is 9.43. The SMILES string of the molecule is C=CCOc1cc(OCc2ccc(C#N)cc2)cc(C(=O)Nc2ccc(C#N)cc2)c1. The largest absolute Gasteiger partial charge is 0.489 e. The minimum atomic E-state index is -0.336. The molecule has 0 saturated heterocycles. The maximum atomic E-state index is 12.8. The lowest BCUT2D eigenvalue weighted by atomic mass is 10.1. The van der Waals surface area contributed by atoms with Crippen molar-refractivity contribution in [3.63, 3.8) is 0 Å². The summed E-state index contributed by atoms with van der Waals surface area (Å²) >= 11 is 0. The first-order valence-electron chi connectivity index (χ1n) is 9.43. The molecule has 6 heteroatoms. The molecule has 0 radical (unpaired) electrons. The summed E-state index contributed by atoms with van der Waals surface area (Å²) in [5.41, 5.74) is 2.91. The monoisotopic (exact) mass is 409 g/mol. The smallest absolute Gasteiger partial charge is 0.255 e. The molecule has 0 aliphatic carbocycles. The van der Waals surface area contributed by atoms with Crippen LogP contribution in [0.4, 0.5) is 5.69 Å². The molecule has 3 rings (SSSR count). The molecule has 0 heterocycles. The Bertz CT molecular complexity index is 1150. The Morgan fingerprint density at radius 2 is 1.48 bits per heavy atom. The number of benzene rings is 3. The molecule has 3 aromatic carbocycles. The van der Waals surface area contributed by atoms with Crippen LogP contribution < -0.4 is 14.8 Å². The van der Waals surface area contributed by atoms with E-state index in [0.29, 0.717) is 33.9 Å². The molecule has 0 unspecified atom stereocenters. The Labute approximate surface area is 180 Å². The van der Waals surface area contributed by atoms with E-state index < -0.39 is 0 Å². The molecule has 152 valence electrons. The predicted octanol–water partition coefficient (Wildman–Crippen LogP) is 4.83. The lowest BCUT2D eigenvalue weighted by molar-refractivity contribution is 0.102. The predicted molar refractivity (Wildman–Crippen MR) is 117 cm³/mol. The normalized spacial score (nSPS) is 9.74. The average molecular weight is 409 g/mol. The summed E-state index contributed by atoms with van der Waals surface area (Å²) in [6.07, 6.45) is 1.61. The van der Waals surface area contributed by atoms with Crippen LogP contribution in [-0.2, 0) is 6.61 Å². The van der Waals surface area contributed by atoms with Crippen molar-refractivity contribution >= 4 is 11.6 Å². The number of anilines is 1. The zero-order valence-corrected chi connectivity index (χ0v) is 16.7. The average Bonchev–Trinajstić information content (AvgIpc) is 2.82. The van der Waals surface area contributed by atoms with Gasteiger partial charge >= 0.3 is 0 Å². The number of nitriles is 2. The molecule has 0 saturated carbocycles. The van der Waals surface area contributed by atoms with Gasteiger partial charge in [-0.05, 0) is 54.1 Å². The second-order valence-electron chi connectivity index (χ2n) is 6.53. The maximum Gasteiger partial charge on any atom is 0.255 e. The fourth-order valence-corrected chi connectivity index (χ4v) is 2.70. The Balaban J connectivity index is 1.77. The van der Waals surface area contributed by atoms with Crippen LogP contribution in [0.25, 0.3) is 0 Å². The molecule has 6 nitrogen and oxygen atoms in total. The van der Waals surface area contributed by atoms with Gasteiger partial charge in [0.2, 0.25) is 0 Å². The minimum Gasteiger partial charge on any atom is -0.489 e. The van der Waals surface area contributed by atoms with Crippen molar-refractivity contribution in [1.29, 1.82) is 10.5 Å². The van der Waals surface area contributed by atoms with E-state index in [1.807, 2.05) is 18.2 Å². The van der Waals surface area contributed by atoms with Crippen LogP contribution >= 0.6 is 0 Å². The number of nitrogens with zero attached hydrogens (tertiary/aromatic N) is 2. The Kier molecular flexibility index (Phi) is 7.03. The van der Waals surface area contributed by atoms with Crippen LogP contribution in [0.15, 0.2) is 79.4 Å². The topological polar surface area (TPSA) is 95.1 Å². The van der Waals surface area contributed by atoms with Gasteiger partial charge in [0.1, 0.15) is 24.7 Å². The first kappa shape index (κ1) is 21.2. The van der Waals surface area contributed by atoms with Crippen molar-refractivity contribution in [2.24, 2.45) is 0 Å². The van der Waals surface area contributed by atoms with Crippen LogP contribution in [-0.4, -0.2) is 12.5 Å². The molecule has 0 atom stereocenters. The van der Waals surface area contributed by atoms with E-state index in [9.17, 15) is 4.79 Å². The van der Waals surface area contributed by atoms with Gasteiger partial charge in [0.05, 0.1) is 23.3 Å². The number of nitrogens with one attached hydrogen (secondary N) is 1. The van der Waals surface area contributed by atoms with Gasteiger partial charge in [0.25, 0.3) is 5.91 Å². The van der Waals surface area contributed by atoms with Crippen molar-refractivity contribution in [2.75, 3.05) is 11.9 Å². The number of carbonyl (C=O) groups is 1. The van der Waals surface area contributed by atoms with Crippen molar-refractivity contribution in [3.05, 3.63) is 102 Å². The van der Waals surface area contributed by atoms with Crippen LogP contribution in [0.1, 0.15) is 27.0 Å². The first-order chi connectivity index (χ1) is 15.1. The van der Waals surface area contributed by atoms with Crippen LogP contribution in [0.5, 0.6) is 11.5 Å².